The lowest BCUT2D eigenvalue weighted by Crippen LogP contribution is -2.32. The Morgan fingerprint density at radius 3 is 2.70 bits per heavy atom. The van der Waals surface area contributed by atoms with Crippen molar-refractivity contribution < 1.29 is 0 Å². The molecule has 0 saturated carbocycles. The van der Waals surface area contributed by atoms with E-state index in [4.69, 9.17) is 4.98 Å². The largest absolute Gasteiger partial charge is 0.336 e. The average Bonchev–Trinajstić information content (AvgIpc) is 2.54. The summed E-state index contributed by atoms with van der Waals surface area (Å²) < 4.78 is 0. The minimum Gasteiger partial charge on any atom is -0.336 e. The minimum absolute atomic E-state index is 0.917. The quantitative estimate of drug-likeness (QED) is 0.794. The number of benzene rings is 1. The van der Waals surface area contributed by atoms with Gasteiger partial charge in [0.2, 0.25) is 5.95 Å². The fourth-order valence-electron chi connectivity index (χ4n) is 3.28. The van der Waals surface area contributed by atoms with E-state index in [-0.39, 0.29) is 0 Å². The molecule has 0 bridgehead atoms. The predicted octanol–water partition coefficient (Wildman–Crippen LogP) is 2.92. The van der Waals surface area contributed by atoms with Crippen LogP contribution in [0.3, 0.4) is 0 Å². The minimum atomic E-state index is 0.917. The van der Waals surface area contributed by atoms with Gasteiger partial charge in [0.05, 0.1) is 0 Å². The molecule has 1 aromatic carbocycles. The number of aryl methyl sites for hydroxylation is 2. The van der Waals surface area contributed by atoms with Gasteiger partial charge in [0.15, 0.2) is 0 Å². The zero-order chi connectivity index (χ0) is 13.4. The number of rotatable bonds is 1. The molecule has 1 aliphatic carbocycles. The summed E-state index contributed by atoms with van der Waals surface area (Å²) in [5.41, 5.74) is 5.53. The second-order valence-corrected chi connectivity index (χ2v) is 5.79. The number of nitrogens with zero attached hydrogens (tertiary/aromatic N) is 3. The molecule has 0 N–H and O–H groups in total. The number of hydrogen-bond acceptors (Lipinski definition) is 3. The first-order valence-corrected chi connectivity index (χ1v) is 7.57. The van der Waals surface area contributed by atoms with Crippen molar-refractivity contribution in [2.45, 2.75) is 38.6 Å². The van der Waals surface area contributed by atoms with E-state index >= 15 is 0 Å². The van der Waals surface area contributed by atoms with Gasteiger partial charge in [-0.05, 0) is 48.8 Å². The van der Waals surface area contributed by atoms with Crippen LogP contribution in [0.5, 0.6) is 0 Å². The van der Waals surface area contributed by atoms with Gasteiger partial charge in [-0.1, -0.05) is 24.3 Å². The molecule has 0 saturated heterocycles. The van der Waals surface area contributed by atoms with Crippen molar-refractivity contribution >= 4 is 5.95 Å². The first kappa shape index (κ1) is 11.9. The Kier molecular flexibility index (Phi) is 2.91. The summed E-state index contributed by atoms with van der Waals surface area (Å²) in [7, 11) is 0. The molecule has 2 aliphatic rings. The van der Waals surface area contributed by atoms with Gasteiger partial charge in [-0.25, -0.2) is 9.97 Å². The second-order valence-electron chi connectivity index (χ2n) is 5.79. The SMILES string of the molecule is c1ccc2c(c1)CCN(c1ncc3c(n1)CCCC3)C2. The maximum absolute atomic E-state index is 4.82. The molecule has 0 radical (unpaired) electrons. The number of aromatic nitrogens is 2. The third-order valence-electron chi connectivity index (χ3n) is 4.46. The van der Waals surface area contributed by atoms with Crippen LogP contribution < -0.4 is 4.90 Å². The fraction of sp³-hybridized carbons (Fsp3) is 0.412. The summed E-state index contributed by atoms with van der Waals surface area (Å²) in [6.07, 6.45) is 7.97. The van der Waals surface area contributed by atoms with Crippen molar-refractivity contribution in [3.05, 3.63) is 52.8 Å². The zero-order valence-electron chi connectivity index (χ0n) is 11.7. The van der Waals surface area contributed by atoms with Crippen molar-refractivity contribution in [1.29, 1.82) is 0 Å². The fourth-order valence-corrected chi connectivity index (χ4v) is 3.28. The van der Waals surface area contributed by atoms with E-state index in [1.807, 2.05) is 0 Å². The molecule has 0 amide bonds. The topological polar surface area (TPSA) is 29.0 Å². The van der Waals surface area contributed by atoms with Gasteiger partial charge >= 0.3 is 0 Å². The third kappa shape index (κ3) is 2.07. The maximum Gasteiger partial charge on any atom is 0.225 e. The molecule has 0 spiro atoms. The number of hydrogen-bond donors (Lipinski definition) is 0. The van der Waals surface area contributed by atoms with E-state index in [1.165, 1.54) is 35.2 Å². The lowest BCUT2D eigenvalue weighted by Gasteiger charge is -2.29. The van der Waals surface area contributed by atoms with Crippen molar-refractivity contribution in [2.24, 2.45) is 0 Å². The first-order chi connectivity index (χ1) is 9.90. The van der Waals surface area contributed by atoms with Gasteiger partial charge < -0.3 is 4.90 Å². The van der Waals surface area contributed by atoms with Crippen LogP contribution in [0.4, 0.5) is 5.95 Å². The number of fused-ring (bicyclic) bond motifs is 2. The van der Waals surface area contributed by atoms with E-state index in [1.54, 1.807) is 0 Å². The number of anilines is 1. The Balaban J connectivity index is 1.63. The summed E-state index contributed by atoms with van der Waals surface area (Å²) >= 11 is 0. The highest BCUT2D eigenvalue weighted by atomic mass is 15.2. The van der Waals surface area contributed by atoms with Gasteiger partial charge in [-0.3, -0.25) is 0 Å². The van der Waals surface area contributed by atoms with Gasteiger partial charge in [0, 0.05) is 25.0 Å². The highest BCUT2D eigenvalue weighted by Gasteiger charge is 2.20. The predicted molar refractivity (Wildman–Crippen MR) is 79.9 cm³/mol. The molecule has 1 aliphatic heterocycles. The molecule has 1 aromatic heterocycles. The summed E-state index contributed by atoms with van der Waals surface area (Å²) in [6, 6.07) is 8.71. The van der Waals surface area contributed by atoms with Crippen LogP contribution in [0.15, 0.2) is 30.5 Å². The maximum atomic E-state index is 4.82. The van der Waals surface area contributed by atoms with Gasteiger partial charge in [-0.15, -0.1) is 0 Å². The van der Waals surface area contributed by atoms with E-state index in [9.17, 15) is 0 Å². The van der Waals surface area contributed by atoms with Gasteiger partial charge in [0.1, 0.15) is 0 Å². The lowest BCUT2D eigenvalue weighted by atomic mass is 9.97. The monoisotopic (exact) mass is 265 g/mol. The van der Waals surface area contributed by atoms with Crippen molar-refractivity contribution in [3.8, 4) is 0 Å². The molecule has 20 heavy (non-hydrogen) atoms. The first-order valence-electron chi connectivity index (χ1n) is 7.57. The zero-order valence-corrected chi connectivity index (χ0v) is 11.7. The molecule has 3 heteroatoms. The molecular formula is C17H19N3. The van der Waals surface area contributed by atoms with Crippen LogP contribution in [0.1, 0.15) is 35.2 Å². The Morgan fingerprint density at radius 1 is 0.900 bits per heavy atom. The van der Waals surface area contributed by atoms with Crippen molar-refractivity contribution in [3.63, 3.8) is 0 Å². The molecule has 4 rings (SSSR count). The van der Waals surface area contributed by atoms with Crippen LogP contribution in [0, 0.1) is 0 Å². The van der Waals surface area contributed by atoms with E-state index in [2.05, 4.69) is 40.3 Å². The Labute approximate surface area is 119 Å². The molecule has 0 atom stereocenters. The molecule has 2 aromatic rings. The summed E-state index contributed by atoms with van der Waals surface area (Å²) in [5.74, 6) is 0.917. The summed E-state index contributed by atoms with van der Waals surface area (Å²) in [5, 5.41) is 0. The lowest BCUT2D eigenvalue weighted by molar-refractivity contribution is 0.648. The van der Waals surface area contributed by atoms with Crippen LogP contribution in [0.25, 0.3) is 0 Å². The molecule has 102 valence electrons. The molecule has 2 heterocycles. The van der Waals surface area contributed by atoms with Gasteiger partial charge in [0.25, 0.3) is 0 Å². The normalized spacial score (nSPS) is 17.5. The summed E-state index contributed by atoms with van der Waals surface area (Å²) in [6.45, 7) is 1.96. The standard InChI is InChI=1S/C17H19N3/c1-2-7-15-12-20(10-9-13(15)5-1)17-18-11-14-6-3-4-8-16(14)19-17/h1-2,5,7,11H,3-4,6,8-10,12H2. The molecule has 0 fully saturated rings. The molecular weight excluding hydrogens is 246 g/mol. The third-order valence-corrected chi connectivity index (χ3v) is 4.46. The van der Waals surface area contributed by atoms with E-state index in [0.717, 1.165) is 38.3 Å². The molecule has 0 unspecified atom stereocenters. The van der Waals surface area contributed by atoms with Crippen LogP contribution in [0.2, 0.25) is 0 Å². The van der Waals surface area contributed by atoms with Crippen LogP contribution in [-0.2, 0) is 25.8 Å². The Bertz CT molecular complexity index is 636. The highest BCUT2D eigenvalue weighted by molar-refractivity contribution is 5.41. The van der Waals surface area contributed by atoms with Crippen molar-refractivity contribution in [2.75, 3.05) is 11.4 Å². The smallest absolute Gasteiger partial charge is 0.225 e. The Morgan fingerprint density at radius 2 is 1.75 bits per heavy atom. The van der Waals surface area contributed by atoms with Crippen LogP contribution >= 0.6 is 0 Å². The highest BCUT2D eigenvalue weighted by Crippen LogP contribution is 2.24. The summed E-state index contributed by atoms with van der Waals surface area (Å²) in [4.78, 5) is 11.7. The van der Waals surface area contributed by atoms with E-state index < -0.39 is 0 Å². The van der Waals surface area contributed by atoms with Crippen LogP contribution in [-0.4, -0.2) is 16.5 Å². The second kappa shape index (κ2) is 4.89. The average molecular weight is 265 g/mol. The van der Waals surface area contributed by atoms with Gasteiger partial charge in [-0.2, -0.15) is 0 Å². The molecule has 3 nitrogen and oxygen atoms in total. The van der Waals surface area contributed by atoms with E-state index in [0.29, 0.717) is 0 Å². The van der Waals surface area contributed by atoms with Crippen molar-refractivity contribution in [1.82, 2.24) is 9.97 Å². The Hall–Kier alpha value is -1.90.